The highest BCUT2D eigenvalue weighted by Gasteiger charge is 2.40. The van der Waals surface area contributed by atoms with Gasteiger partial charge in [0, 0.05) is 17.7 Å². The van der Waals surface area contributed by atoms with Crippen molar-refractivity contribution < 1.29 is 44.5 Å². The van der Waals surface area contributed by atoms with Crippen LogP contribution in [-0.2, 0) is 4.74 Å². The number of hydrogen-bond acceptors (Lipinski definition) is 10. The molecule has 10 heteroatoms. The standard InChI is InChI=1S/C20H18O10/c21-9-3-1-8(2-4-9)18-19(30-20-17(27)15(25)12(24)7-28-20)16(26)14-11(23)5-10(22)6-13(14)29-18/h1-6,12,15,17,20-25,27H,7H2/t12-,15-,17+,20-/m0/s1. The molecule has 6 N–H and O–H groups in total. The number of ether oxygens (including phenoxy) is 2. The van der Waals surface area contributed by atoms with E-state index >= 15 is 0 Å². The molecule has 1 aromatic heterocycles. The maximum Gasteiger partial charge on any atom is 0.239 e. The van der Waals surface area contributed by atoms with Gasteiger partial charge in [-0.3, -0.25) is 4.79 Å². The monoisotopic (exact) mass is 418 g/mol. The molecular formula is C20H18O10. The number of benzene rings is 2. The predicted octanol–water partition coefficient (Wildman–Crippen LogP) is 0.395. The molecule has 30 heavy (non-hydrogen) atoms. The van der Waals surface area contributed by atoms with Gasteiger partial charge in [-0.05, 0) is 24.3 Å². The van der Waals surface area contributed by atoms with Crippen LogP contribution in [0.1, 0.15) is 0 Å². The summed E-state index contributed by atoms with van der Waals surface area (Å²) in [5, 5.41) is 58.7. The molecule has 0 unspecified atom stereocenters. The quantitative estimate of drug-likeness (QED) is 0.350. The summed E-state index contributed by atoms with van der Waals surface area (Å²) in [6.07, 6.45) is -6.10. The van der Waals surface area contributed by atoms with Gasteiger partial charge < -0.3 is 44.5 Å². The maximum atomic E-state index is 13.1. The van der Waals surface area contributed by atoms with Crippen molar-refractivity contribution in [2.75, 3.05) is 6.61 Å². The zero-order chi connectivity index (χ0) is 21.6. The SMILES string of the molecule is O=c1c(O[C@@H]2OC[C@H](O)[C@H](O)[C@H]2O)c(-c2ccc(O)cc2)oc2cc(O)cc(O)c12. The first kappa shape index (κ1) is 20.0. The first-order valence-electron chi connectivity index (χ1n) is 8.91. The van der Waals surface area contributed by atoms with Gasteiger partial charge >= 0.3 is 0 Å². The van der Waals surface area contributed by atoms with Gasteiger partial charge in [0.2, 0.25) is 17.5 Å². The third-order valence-electron chi connectivity index (χ3n) is 4.74. The molecule has 0 saturated carbocycles. The van der Waals surface area contributed by atoms with E-state index in [1.54, 1.807) is 0 Å². The number of phenols is 3. The highest BCUT2D eigenvalue weighted by Crippen LogP contribution is 2.37. The van der Waals surface area contributed by atoms with Gasteiger partial charge in [-0.15, -0.1) is 0 Å². The summed E-state index contributed by atoms with van der Waals surface area (Å²) in [4.78, 5) is 13.1. The van der Waals surface area contributed by atoms with Crippen molar-refractivity contribution in [1.82, 2.24) is 0 Å². The Balaban J connectivity index is 1.90. The van der Waals surface area contributed by atoms with Crippen molar-refractivity contribution in [1.29, 1.82) is 0 Å². The van der Waals surface area contributed by atoms with Gasteiger partial charge in [0.05, 0.1) is 6.61 Å². The third-order valence-corrected chi connectivity index (χ3v) is 4.74. The Morgan fingerprint density at radius 2 is 1.63 bits per heavy atom. The fourth-order valence-electron chi connectivity index (χ4n) is 3.18. The summed E-state index contributed by atoms with van der Waals surface area (Å²) < 4.78 is 16.4. The number of phenolic OH excluding ortho intramolecular Hbond substituents is 3. The Morgan fingerprint density at radius 1 is 0.933 bits per heavy atom. The second kappa shape index (κ2) is 7.50. The molecule has 2 aromatic carbocycles. The molecule has 1 saturated heterocycles. The van der Waals surface area contributed by atoms with Crippen molar-refractivity contribution >= 4 is 11.0 Å². The van der Waals surface area contributed by atoms with Crippen LogP contribution in [0.15, 0.2) is 45.6 Å². The molecule has 0 radical (unpaired) electrons. The Bertz CT molecular complexity index is 1140. The summed E-state index contributed by atoms with van der Waals surface area (Å²) in [5.74, 6) is -1.50. The minimum Gasteiger partial charge on any atom is -0.508 e. The Kier molecular flexibility index (Phi) is 5.00. The molecule has 3 aromatic rings. The van der Waals surface area contributed by atoms with Crippen LogP contribution in [0.3, 0.4) is 0 Å². The zero-order valence-electron chi connectivity index (χ0n) is 15.3. The molecule has 1 aliphatic rings. The molecule has 0 bridgehead atoms. The molecule has 4 atom stereocenters. The van der Waals surface area contributed by atoms with E-state index < -0.39 is 41.5 Å². The van der Waals surface area contributed by atoms with E-state index in [1.165, 1.54) is 24.3 Å². The fourth-order valence-corrected chi connectivity index (χ4v) is 3.18. The van der Waals surface area contributed by atoms with Gasteiger partial charge in [-0.2, -0.15) is 0 Å². The minimum atomic E-state index is -1.68. The number of aliphatic hydroxyl groups is 3. The Hall–Kier alpha value is -3.31. The van der Waals surface area contributed by atoms with Crippen LogP contribution in [0.5, 0.6) is 23.0 Å². The van der Waals surface area contributed by atoms with Gasteiger partial charge in [-0.1, -0.05) is 0 Å². The highest BCUT2D eigenvalue weighted by atomic mass is 16.7. The molecule has 0 spiro atoms. The number of aliphatic hydroxyl groups excluding tert-OH is 3. The first-order chi connectivity index (χ1) is 14.3. The largest absolute Gasteiger partial charge is 0.508 e. The lowest BCUT2D eigenvalue weighted by atomic mass is 10.1. The summed E-state index contributed by atoms with van der Waals surface area (Å²) in [6.45, 7) is -0.352. The van der Waals surface area contributed by atoms with Crippen LogP contribution in [-0.4, -0.2) is 61.8 Å². The molecule has 0 amide bonds. The summed E-state index contributed by atoms with van der Waals surface area (Å²) in [6, 6.07) is 7.65. The van der Waals surface area contributed by atoms with Gasteiger partial charge in [-0.25, -0.2) is 0 Å². The lowest BCUT2D eigenvalue weighted by Gasteiger charge is -2.34. The van der Waals surface area contributed by atoms with Crippen molar-refractivity contribution in [3.05, 3.63) is 46.6 Å². The molecular weight excluding hydrogens is 400 g/mol. The maximum absolute atomic E-state index is 13.1. The van der Waals surface area contributed by atoms with Crippen LogP contribution in [0, 0.1) is 0 Å². The molecule has 4 rings (SSSR count). The number of rotatable bonds is 3. The number of fused-ring (bicyclic) bond motifs is 1. The average Bonchev–Trinajstić information content (AvgIpc) is 2.70. The Labute approximate surface area is 168 Å². The minimum absolute atomic E-state index is 0.0391. The number of hydrogen-bond donors (Lipinski definition) is 6. The van der Waals surface area contributed by atoms with Crippen LogP contribution in [0.25, 0.3) is 22.3 Å². The molecule has 158 valence electrons. The summed E-state index contributed by atoms with van der Waals surface area (Å²) >= 11 is 0. The van der Waals surface area contributed by atoms with Gasteiger partial charge in [0.25, 0.3) is 0 Å². The van der Waals surface area contributed by atoms with Crippen LogP contribution in [0.4, 0.5) is 0 Å². The topological polar surface area (TPSA) is 170 Å². The lowest BCUT2D eigenvalue weighted by molar-refractivity contribution is -0.242. The second-order valence-corrected chi connectivity index (χ2v) is 6.84. The van der Waals surface area contributed by atoms with E-state index in [-0.39, 0.29) is 34.8 Å². The van der Waals surface area contributed by atoms with E-state index in [2.05, 4.69) is 0 Å². The van der Waals surface area contributed by atoms with Crippen molar-refractivity contribution in [2.45, 2.75) is 24.6 Å². The van der Waals surface area contributed by atoms with E-state index in [9.17, 15) is 35.4 Å². The molecule has 10 nitrogen and oxygen atoms in total. The van der Waals surface area contributed by atoms with E-state index in [1.807, 2.05) is 0 Å². The number of aromatic hydroxyl groups is 3. The van der Waals surface area contributed by atoms with Crippen LogP contribution in [0.2, 0.25) is 0 Å². The van der Waals surface area contributed by atoms with E-state index in [0.29, 0.717) is 5.56 Å². The molecule has 0 aliphatic carbocycles. The average molecular weight is 418 g/mol. The summed E-state index contributed by atoms with van der Waals surface area (Å²) in [7, 11) is 0. The van der Waals surface area contributed by atoms with Crippen LogP contribution >= 0.6 is 0 Å². The van der Waals surface area contributed by atoms with Crippen molar-refractivity contribution in [3.8, 4) is 34.3 Å². The zero-order valence-corrected chi connectivity index (χ0v) is 15.3. The fraction of sp³-hybridized carbons (Fsp3) is 0.250. The molecule has 2 heterocycles. The summed E-state index contributed by atoms with van der Waals surface area (Å²) in [5.41, 5.74) is -0.655. The first-order valence-corrected chi connectivity index (χ1v) is 8.91. The van der Waals surface area contributed by atoms with E-state index in [4.69, 9.17) is 13.9 Å². The lowest BCUT2D eigenvalue weighted by Crippen LogP contribution is -2.55. The Morgan fingerprint density at radius 3 is 2.33 bits per heavy atom. The highest BCUT2D eigenvalue weighted by molar-refractivity contribution is 5.88. The molecule has 1 fully saturated rings. The van der Waals surface area contributed by atoms with Crippen molar-refractivity contribution in [2.24, 2.45) is 0 Å². The third kappa shape index (κ3) is 3.42. The van der Waals surface area contributed by atoms with Crippen LogP contribution < -0.4 is 10.2 Å². The second-order valence-electron chi connectivity index (χ2n) is 6.84. The molecule has 1 aliphatic heterocycles. The van der Waals surface area contributed by atoms with Gasteiger partial charge in [0.15, 0.2) is 5.76 Å². The van der Waals surface area contributed by atoms with Crippen molar-refractivity contribution in [3.63, 3.8) is 0 Å². The predicted molar refractivity (Wildman–Crippen MR) is 101 cm³/mol. The normalized spacial score (nSPS) is 24.1. The smallest absolute Gasteiger partial charge is 0.239 e. The van der Waals surface area contributed by atoms with Gasteiger partial charge in [0.1, 0.15) is 46.5 Å². The van der Waals surface area contributed by atoms with E-state index in [0.717, 1.165) is 12.1 Å².